The Labute approximate surface area is 84.6 Å². The van der Waals surface area contributed by atoms with Crippen LogP contribution >= 0.6 is 0 Å². The van der Waals surface area contributed by atoms with E-state index in [0.29, 0.717) is 6.29 Å². The number of ether oxygens (including phenoxy) is 1. The second kappa shape index (κ2) is 5.04. The molecule has 0 N–H and O–H groups in total. The van der Waals surface area contributed by atoms with Gasteiger partial charge in [0.1, 0.15) is 19.6 Å². The highest BCUT2D eigenvalue weighted by Gasteiger charge is 2.15. The van der Waals surface area contributed by atoms with Crippen LogP contribution < -0.4 is 4.74 Å². The van der Waals surface area contributed by atoms with Gasteiger partial charge in [0, 0.05) is 11.6 Å². The first-order chi connectivity index (χ1) is 7.19. The summed E-state index contributed by atoms with van der Waals surface area (Å²) in [4.78, 5) is 20.3. The molecule has 15 heavy (non-hydrogen) atoms. The van der Waals surface area contributed by atoms with Gasteiger partial charge < -0.3 is 4.74 Å². The number of hydrogen-bond acceptors (Lipinski definition) is 4. The summed E-state index contributed by atoms with van der Waals surface area (Å²) in [7, 11) is 0. The summed E-state index contributed by atoms with van der Waals surface area (Å²) in [5, 5.41) is 10.5. The summed E-state index contributed by atoms with van der Waals surface area (Å²) in [6, 6.07) is 3.66. The van der Waals surface area contributed by atoms with Crippen molar-refractivity contribution in [3.05, 3.63) is 33.9 Å². The van der Waals surface area contributed by atoms with Crippen molar-refractivity contribution < 1.29 is 18.8 Å². The summed E-state index contributed by atoms with van der Waals surface area (Å²) < 4.78 is 16.6. The van der Waals surface area contributed by atoms with Gasteiger partial charge >= 0.3 is 5.69 Å². The molecule has 0 amide bonds. The highest BCUT2D eigenvalue weighted by atomic mass is 19.1. The Morgan fingerprint density at radius 3 is 2.80 bits per heavy atom. The standard InChI is InChI=1S/C9H8FNO4/c10-3-4-15-9-5-7(6-12)1-2-8(9)11(13)14/h1-2,5-6H,3-4H2. The van der Waals surface area contributed by atoms with Crippen molar-refractivity contribution >= 4 is 12.0 Å². The number of benzene rings is 1. The van der Waals surface area contributed by atoms with Crippen LogP contribution in [-0.2, 0) is 0 Å². The second-order valence-corrected chi connectivity index (χ2v) is 2.64. The van der Waals surface area contributed by atoms with Gasteiger partial charge in [-0.25, -0.2) is 4.39 Å². The number of alkyl halides is 1. The van der Waals surface area contributed by atoms with E-state index >= 15 is 0 Å². The number of hydrogen-bond donors (Lipinski definition) is 0. The molecule has 1 aromatic carbocycles. The number of nitro groups is 1. The molecule has 0 aliphatic carbocycles. The molecule has 1 rings (SSSR count). The first-order valence-corrected chi connectivity index (χ1v) is 4.11. The molecule has 0 radical (unpaired) electrons. The van der Waals surface area contributed by atoms with Gasteiger partial charge in [0.15, 0.2) is 5.75 Å². The van der Waals surface area contributed by atoms with Crippen molar-refractivity contribution in [2.24, 2.45) is 0 Å². The first-order valence-electron chi connectivity index (χ1n) is 4.11. The monoisotopic (exact) mass is 213 g/mol. The van der Waals surface area contributed by atoms with E-state index in [4.69, 9.17) is 4.74 Å². The molecule has 0 saturated heterocycles. The molecule has 6 heteroatoms. The van der Waals surface area contributed by atoms with Gasteiger partial charge in [-0.1, -0.05) is 0 Å². The molecule has 80 valence electrons. The minimum absolute atomic E-state index is 0.0951. The first kappa shape index (κ1) is 11.1. The molecule has 0 fully saturated rings. The lowest BCUT2D eigenvalue weighted by Gasteiger charge is -2.04. The number of nitrogens with zero attached hydrogens (tertiary/aromatic N) is 1. The zero-order chi connectivity index (χ0) is 11.3. The lowest BCUT2D eigenvalue weighted by atomic mass is 10.2. The van der Waals surface area contributed by atoms with E-state index in [-0.39, 0.29) is 23.6 Å². The van der Waals surface area contributed by atoms with Gasteiger partial charge in [-0.3, -0.25) is 14.9 Å². The molecule has 0 atom stereocenters. The van der Waals surface area contributed by atoms with Crippen molar-refractivity contribution in [3.63, 3.8) is 0 Å². The van der Waals surface area contributed by atoms with E-state index in [9.17, 15) is 19.3 Å². The summed E-state index contributed by atoms with van der Waals surface area (Å²) in [6.07, 6.45) is 0.534. The predicted octanol–water partition coefficient (Wildman–Crippen LogP) is 1.76. The number of aldehydes is 1. The minimum Gasteiger partial charge on any atom is -0.484 e. The zero-order valence-electron chi connectivity index (χ0n) is 7.68. The number of nitro benzene ring substituents is 1. The second-order valence-electron chi connectivity index (χ2n) is 2.64. The highest BCUT2D eigenvalue weighted by molar-refractivity contribution is 5.76. The van der Waals surface area contributed by atoms with E-state index < -0.39 is 11.6 Å². The average Bonchev–Trinajstić information content (AvgIpc) is 2.25. The van der Waals surface area contributed by atoms with E-state index in [1.807, 2.05) is 0 Å². The quantitative estimate of drug-likeness (QED) is 0.424. The van der Waals surface area contributed by atoms with Crippen LogP contribution in [0.2, 0.25) is 0 Å². The third-order valence-corrected chi connectivity index (χ3v) is 1.65. The number of carbonyl (C=O) groups excluding carboxylic acids is 1. The van der Waals surface area contributed by atoms with Crippen LogP contribution in [0.4, 0.5) is 10.1 Å². The van der Waals surface area contributed by atoms with E-state index in [0.717, 1.165) is 6.07 Å². The molecule has 0 aliphatic rings. The van der Waals surface area contributed by atoms with Crippen LogP contribution in [0.15, 0.2) is 18.2 Å². The molecule has 0 aromatic heterocycles. The van der Waals surface area contributed by atoms with Gasteiger partial charge in [0.05, 0.1) is 4.92 Å². The molecule has 1 aromatic rings. The van der Waals surface area contributed by atoms with Crippen LogP contribution in [0.5, 0.6) is 5.75 Å². The Morgan fingerprint density at radius 2 is 2.27 bits per heavy atom. The van der Waals surface area contributed by atoms with Gasteiger partial charge in [-0.15, -0.1) is 0 Å². The lowest BCUT2D eigenvalue weighted by Crippen LogP contribution is -2.02. The van der Waals surface area contributed by atoms with Gasteiger partial charge in [0.25, 0.3) is 0 Å². The fraction of sp³-hybridized carbons (Fsp3) is 0.222. The molecular formula is C9H8FNO4. The normalized spacial score (nSPS) is 9.67. The topological polar surface area (TPSA) is 69.4 Å². The summed E-state index contributed by atoms with van der Waals surface area (Å²) >= 11 is 0. The van der Waals surface area contributed by atoms with Crippen LogP contribution in [-0.4, -0.2) is 24.5 Å². The van der Waals surface area contributed by atoms with E-state index in [1.165, 1.54) is 12.1 Å². The fourth-order valence-electron chi connectivity index (χ4n) is 1.02. The van der Waals surface area contributed by atoms with Gasteiger partial charge in [0.2, 0.25) is 0 Å². The van der Waals surface area contributed by atoms with Crippen molar-refractivity contribution in [3.8, 4) is 5.75 Å². The molecule has 0 bridgehead atoms. The zero-order valence-corrected chi connectivity index (χ0v) is 7.68. The number of rotatable bonds is 5. The number of carbonyl (C=O) groups is 1. The third kappa shape index (κ3) is 2.73. The molecule has 0 saturated carbocycles. The summed E-state index contributed by atoms with van der Waals surface area (Å²) in [5.41, 5.74) is -0.0384. The van der Waals surface area contributed by atoms with E-state index in [2.05, 4.69) is 0 Å². The Bertz CT molecular complexity index is 380. The van der Waals surface area contributed by atoms with Crippen LogP contribution in [0.3, 0.4) is 0 Å². The molecule has 5 nitrogen and oxygen atoms in total. The largest absolute Gasteiger partial charge is 0.484 e. The SMILES string of the molecule is O=Cc1ccc([N+](=O)[O-])c(OCCF)c1. The molecule has 0 heterocycles. The van der Waals surface area contributed by atoms with Gasteiger partial charge in [-0.05, 0) is 12.1 Å². The van der Waals surface area contributed by atoms with Crippen LogP contribution in [0.1, 0.15) is 10.4 Å². The van der Waals surface area contributed by atoms with Crippen molar-refractivity contribution in [2.45, 2.75) is 0 Å². The smallest absolute Gasteiger partial charge is 0.310 e. The average molecular weight is 213 g/mol. The maximum absolute atomic E-state index is 11.8. The van der Waals surface area contributed by atoms with Crippen LogP contribution in [0, 0.1) is 10.1 Å². The molecular weight excluding hydrogens is 205 g/mol. The minimum atomic E-state index is -0.748. The molecule has 0 unspecified atom stereocenters. The van der Waals surface area contributed by atoms with Crippen molar-refractivity contribution in [1.29, 1.82) is 0 Å². The third-order valence-electron chi connectivity index (χ3n) is 1.65. The molecule has 0 spiro atoms. The maximum Gasteiger partial charge on any atom is 0.310 e. The lowest BCUT2D eigenvalue weighted by molar-refractivity contribution is -0.385. The Balaban J connectivity index is 3.04. The summed E-state index contributed by atoms with van der Waals surface area (Å²) in [5.74, 6) is -0.0951. The molecule has 0 aliphatic heterocycles. The van der Waals surface area contributed by atoms with E-state index in [1.54, 1.807) is 0 Å². The van der Waals surface area contributed by atoms with Crippen LogP contribution in [0.25, 0.3) is 0 Å². The summed E-state index contributed by atoms with van der Waals surface area (Å²) in [6.45, 7) is -1.02. The Morgan fingerprint density at radius 1 is 1.53 bits per heavy atom. The van der Waals surface area contributed by atoms with Crippen molar-refractivity contribution in [2.75, 3.05) is 13.3 Å². The predicted molar refractivity (Wildman–Crippen MR) is 50.0 cm³/mol. The highest BCUT2D eigenvalue weighted by Crippen LogP contribution is 2.27. The number of halogens is 1. The maximum atomic E-state index is 11.8. The Kier molecular flexibility index (Phi) is 3.73. The van der Waals surface area contributed by atoms with Crippen molar-refractivity contribution in [1.82, 2.24) is 0 Å². The Hall–Kier alpha value is -1.98. The fourth-order valence-corrected chi connectivity index (χ4v) is 1.02. The van der Waals surface area contributed by atoms with Gasteiger partial charge in [-0.2, -0.15) is 0 Å².